The third kappa shape index (κ3) is 6.39. The molecule has 0 radical (unpaired) electrons. The molecule has 0 bridgehead atoms. The van der Waals surface area contributed by atoms with Gasteiger partial charge in [-0.3, -0.25) is 9.52 Å². The first kappa shape index (κ1) is 18.7. The highest BCUT2D eigenvalue weighted by Gasteiger charge is 2.09. The SMILES string of the molecule is C[C@@H](NC(=O)/C=C/c1ccc(F)cc1)c1cccc(NS(C)(=O)=O)c1. The van der Waals surface area contributed by atoms with E-state index in [9.17, 15) is 17.6 Å². The van der Waals surface area contributed by atoms with Crippen LogP contribution in [0.5, 0.6) is 0 Å². The molecule has 25 heavy (non-hydrogen) atoms. The molecule has 0 aliphatic heterocycles. The largest absolute Gasteiger partial charge is 0.346 e. The molecule has 132 valence electrons. The van der Waals surface area contributed by atoms with E-state index in [4.69, 9.17) is 0 Å². The topological polar surface area (TPSA) is 75.3 Å². The number of nitrogens with one attached hydrogen (secondary N) is 2. The second-order valence-corrected chi connectivity index (χ2v) is 7.36. The van der Waals surface area contributed by atoms with Crippen LogP contribution >= 0.6 is 0 Å². The fraction of sp³-hybridized carbons (Fsp3) is 0.167. The van der Waals surface area contributed by atoms with Gasteiger partial charge in [-0.15, -0.1) is 0 Å². The summed E-state index contributed by atoms with van der Waals surface area (Å²) in [5, 5.41) is 2.79. The molecule has 0 heterocycles. The van der Waals surface area contributed by atoms with Crippen molar-refractivity contribution in [2.45, 2.75) is 13.0 Å². The van der Waals surface area contributed by atoms with Crippen molar-refractivity contribution >= 4 is 27.7 Å². The molecule has 0 aromatic heterocycles. The third-order valence-corrected chi connectivity index (χ3v) is 3.95. The van der Waals surface area contributed by atoms with Crippen molar-refractivity contribution in [2.24, 2.45) is 0 Å². The Morgan fingerprint density at radius 3 is 2.48 bits per heavy atom. The fourth-order valence-corrected chi connectivity index (χ4v) is 2.73. The summed E-state index contributed by atoms with van der Waals surface area (Å²) in [4.78, 5) is 12.0. The molecule has 0 unspecified atom stereocenters. The molecule has 2 aromatic carbocycles. The molecular formula is C18H19FN2O3S. The van der Waals surface area contributed by atoms with E-state index in [1.54, 1.807) is 49.4 Å². The maximum atomic E-state index is 12.8. The van der Waals surface area contributed by atoms with Crippen LogP contribution in [0.2, 0.25) is 0 Å². The van der Waals surface area contributed by atoms with Gasteiger partial charge in [0, 0.05) is 11.8 Å². The van der Waals surface area contributed by atoms with E-state index in [1.165, 1.54) is 18.2 Å². The molecule has 0 saturated carbocycles. The van der Waals surface area contributed by atoms with Crippen molar-refractivity contribution in [2.75, 3.05) is 11.0 Å². The van der Waals surface area contributed by atoms with Crippen LogP contribution in [0.1, 0.15) is 24.1 Å². The molecule has 1 amide bonds. The predicted octanol–water partition coefficient (Wildman–Crippen LogP) is 3.09. The predicted molar refractivity (Wildman–Crippen MR) is 96.9 cm³/mol. The lowest BCUT2D eigenvalue weighted by Crippen LogP contribution is -2.24. The van der Waals surface area contributed by atoms with Crippen LogP contribution in [0.25, 0.3) is 6.08 Å². The normalized spacial score (nSPS) is 12.8. The zero-order valence-corrected chi connectivity index (χ0v) is 14.7. The zero-order valence-electron chi connectivity index (χ0n) is 13.9. The molecule has 2 rings (SSSR count). The van der Waals surface area contributed by atoms with Gasteiger partial charge in [0.05, 0.1) is 12.3 Å². The third-order valence-electron chi connectivity index (χ3n) is 3.35. The standard InChI is InChI=1S/C18H19FN2O3S/c1-13(15-4-3-5-17(12-15)21-25(2,23)24)20-18(22)11-8-14-6-9-16(19)10-7-14/h3-13,21H,1-2H3,(H,20,22)/b11-8+/t13-/m1/s1. The molecule has 5 nitrogen and oxygen atoms in total. The van der Waals surface area contributed by atoms with Crippen molar-refractivity contribution < 1.29 is 17.6 Å². The van der Waals surface area contributed by atoms with Gasteiger partial charge in [0.1, 0.15) is 5.82 Å². The van der Waals surface area contributed by atoms with E-state index in [2.05, 4.69) is 10.0 Å². The van der Waals surface area contributed by atoms with Crippen molar-refractivity contribution in [1.29, 1.82) is 0 Å². The Labute approximate surface area is 146 Å². The van der Waals surface area contributed by atoms with Crippen LogP contribution < -0.4 is 10.0 Å². The maximum Gasteiger partial charge on any atom is 0.244 e. The lowest BCUT2D eigenvalue weighted by Gasteiger charge is -2.14. The van der Waals surface area contributed by atoms with E-state index in [0.717, 1.165) is 11.8 Å². The molecule has 0 fully saturated rings. The lowest BCUT2D eigenvalue weighted by molar-refractivity contribution is -0.117. The van der Waals surface area contributed by atoms with Gasteiger partial charge in [0.15, 0.2) is 0 Å². The number of hydrogen-bond donors (Lipinski definition) is 2. The number of amides is 1. The van der Waals surface area contributed by atoms with Crippen molar-refractivity contribution in [3.8, 4) is 0 Å². The summed E-state index contributed by atoms with van der Waals surface area (Å²) in [5.74, 6) is -0.642. The fourth-order valence-electron chi connectivity index (χ4n) is 2.18. The smallest absolute Gasteiger partial charge is 0.244 e. The second-order valence-electron chi connectivity index (χ2n) is 5.61. The van der Waals surface area contributed by atoms with Gasteiger partial charge in [-0.05, 0) is 48.4 Å². The first-order chi connectivity index (χ1) is 11.7. The Morgan fingerprint density at radius 1 is 1.16 bits per heavy atom. The van der Waals surface area contributed by atoms with Crippen molar-refractivity contribution in [3.05, 3.63) is 71.6 Å². The van der Waals surface area contributed by atoms with Crippen LogP contribution in [0.15, 0.2) is 54.6 Å². The Balaban J connectivity index is 2.01. The van der Waals surface area contributed by atoms with Crippen LogP contribution in [0.3, 0.4) is 0 Å². The quantitative estimate of drug-likeness (QED) is 0.776. The Bertz CT molecular complexity index is 877. The van der Waals surface area contributed by atoms with Crippen LogP contribution in [-0.4, -0.2) is 20.6 Å². The minimum absolute atomic E-state index is 0.307. The van der Waals surface area contributed by atoms with Crippen LogP contribution in [0, 0.1) is 5.82 Å². The zero-order chi connectivity index (χ0) is 18.4. The minimum atomic E-state index is -3.36. The number of sulfonamides is 1. The number of rotatable bonds is 6. The Morgan fingerprint density at radius 2 is 1.84 bits per heavy atom. The number of carbonyl (C=O) groups is 1. The van der Waals surface area contributed by atoms with Gasteiger partial charge in [-0.25, -0.2) is 12.8 Å². The van der Waals surface area contributed by atoms with E-state index in [-0.39, 0.29) is 17.8 Å². The molecule has 7 heteroatoms. The monoisotopic (exact) mass is 362 g/mol. The highest BCUT2D eigenvalue weighted by atomic mass is 32.2. The minimum Gasteiger partial charge on any atom is -0.346 e. The number of hydrogen-bond acceptors (Lipinski definition) is 3. The first-order valence-electron chi connectivity index (χ1n) is 7.55. The van der Waals surface area contributed by atoms with Gasteiger partial charge in [0.2, 0.25) is 15.9 Å². The van der Waals surface area contributed by atoms with E-state index < -0.39 is 10.0 Å². The lowest BCUT2D eigenvalue weighted by atomic mass is 10.1. The molecule has 1 atom stereocenters. The van der Waals surface area contributed by atoms with E-state index >= 15 is 0 Å². The molecular weight excluding hydrogens is 343 g/mol. The Kier molecular flexibility index (Phi) is 5.93. The summed E-state index contributed by atoms with van der Waals surface area (Å²) in [6, 6.07) is 12.3. The first-order valence-corrected chi connectivity index (χ1v) is 9.44. The summed E-state index contributed by atoms with van der Waals surface area (Å²) in [6.45, 7) is 1.79. The van der Waals surface area contributed by atoms with Gasteiger partial charge in [-0.2, -0.15) is 0 Å². The van der Waals surface area contributed by atoms with Gasteiger partial charge >= 0.3 is 0 Å². The molecule has 2 N–H and O–H groups in total. The second kappa shape index (κ2) is 7.94. The summed E-state index contributed by atoms with van der Waals surface area (Å²) < 4.78 is 37.8. The van der Waals surface area contributed by atoms with E-state index in [0.29, 0.717) is 11.3 Å². The van der Waals surface area contributed by atoms with Crippen LogP contribution in [0.4, 0.5) is 10.1 Å². The average molecular weight is 362 g/mol. The van der Waals surface area contributed by atoms with Gasteiger partial charge in [-0.1, -0.05) is 24.3 Å². The number of anilines is 1. The maximum absolute atomic E-state index is 12.8. The highest BCUT2D eigenvalue weighted by Crippen LogP contribution is 2.18. The van der Waals surface area contributed by atoms with Crippen molar-refractivity contribution in [3.63, 3.8) is 0 Å². The molecule has 0 saturated heterocycles. The number of carbonyl (C=O) groups excluding carboxylic acids is 1. The summed E-state index contributed by atoms with van der Waals surface area (Å²) in [5.41, 5.74) is 1.91. The molecule has 2 aromatic rings. The number of benzene rings is 2. The van der Waals surface area contributed by atoms with Crippen molar-refractivity contribution in [1.82, 2.24) is 5.32 Å². The summed E-state index contributed by atoms with van der Waals surface area (Å²) in [6.07, 6.45) is 4.02. The highest BCUT2D eigenvalue weighted by molar-refractivity contribution is 7.92. The average Bonchev–Trinajstić information content (AvgIpc) is 2.53. The molecule has 0 aliphatic carbocycles. The van der Waals surface area contributed by atoms with Gasteiger partial charge in [0.25, 0.3) is 0 Å². The number of halogens is 1. The van der Waals surface area contributed by atoms with E-state index in [1.807, 2.05) is 0 Å². The molecule has 0 aliphatic rings. The Hall–Kier alpha value is -2.67. The van der Waals surface area contributed by atoms with Gasteiger partial charge < -0.3 is 5.32 Å². The summed E-state index contributed by atoms with van der Waals surface area (Å²) >= 11 is 0. The molecule has 0 spiro atoms. The van der Waals surface area contributed by atoms with Crippen LogP contribution in [-0.2, 0) is 14.8 Å². The summed E-state index contributed by atoms with van der Waals surface area (Å²) in [7, 11) is -3.36.